The summed E-state index contributed by atoms with van der Waals surface area (Å²) in [6.07, 6.45) is 20.3. The summed E-state index contributed by atoms with van der Waals surface area (Å²) in [6.45, 7) is 3.75. The van der Waals surface area contributed by atoms with Crippen molar-refractivity contribution in [1.29, 1.82) is 0 Å². The third kappa shape index (κ3) is 21.6. The molecule has 0 saturated heterocycles. The summed E-state index contributed by atoms with van der Waals surface area (Å²) in [5.74, 6) is 0. The fourth-order valence-electron chi connectivity index (χ4n) is 3.50. The van der Waals surface area contributed by atoms with Crippen molar-refractivity contribution in [2.45, 2.75) is 141 Å². The maximum absolute atomic E-state index is 10.8. The Bertz CT molecular complexity index is 415. The SMILES string of the molecule is CCCCCCCCCCCC(O)CCCCCCCCC(C)S(=O)(=O)[O-].[Na+]. The van der Waals surface area contributed by atoms with Crippen LogP contribution in [0, 0.1) is 0 Å². The Hall–Kier alpha value is 0.870. The van der Waals surface area contributed by atoms with Gasteiger partial charge in [-0.3, -0.25) is 0 Å². The Morgan fingerprint density at radius 3 is 1.36 bits per heavy atom. The molecule has 0 aliphatic heterocycles. The number of hydrogen-bond donors (Lipinski definition) is 1. The van der Waals surface area contributed by atoms with Crippen LogP contribution in [0.1, 0.15) is 129 Å². The third-order valence-corrected chi connectivity index (χ3v) is 6.75. The molecule has 0 aromatic carbocycles. The van der Waals surface area contributed by atoms with Crippen molar-refractivity contribution in [1.82, 2.24) is 0 Å². The largest absolute Gasteiger partial charge is 1.00 e. The molecule has 0 fully saturated rings. The van der Waals surface area contributed by atoms with Crippen molar-refractivity contribution in [3.63, 3.8) is 0 Å². The summed E-state index contributed by atoms with van der Waals surface area (Å²) < 4.78 is 32.4. The zero-order chi connectivity index (χ0) is 20.4. The van der Waals surface area contributed by atoms with Gasteiger partial charge in [-0.1, -0.05) is 103 Å². The van der Waals surface area contributed by atoms with Crippen LogP contribution in [-0.4, -0.2) is 29.4 Å². The first-order chi connectivity index (χ1) is 12.9. The van der Waals surface area contributed by atoms with Crippen molar-refractivity contribution in [3.8, 4) is 0 Å². The van der Waals surface area contributed by atoms with Crippen LogP contribution in [0.3, 0.4) is 0 Å². The van der Waals surface area contributed by atoms with Crippen LogP contribution in [0.4, 0.5) is 0 Å². The molecule has 0 rings (SSSR count). The van der Waals surface area contributed by atoms with Crippen molar-refractivity contribution >= 4 is 10.1 Å². The number of aliphatic hydroxyl groups is 1. The van der Waals surface area contributed by atoms with Gasteiger partial charge in [-0.25, -0.2) is 8.42 Å². The van der Waals surface area contributed by atoms with Crippen LogP contribution in [0.2, 0.25) is 0 Å². The molecular formula is C22H45NaO4S. The minimum Gasteiger partial charge on any atom is -0.748 e. The second-order valence-corrected chi connectivity index (χ2v) is 10.1. The molecule has 0 aromatic heterocycles. The molecule has 1 N–H and O–H groups in total. The van der Waals surface area contributed by atoms with Gasteiger partial charge in [0.15, 0.2) is 0 Å². The van der Waals surface area contributed by atoms with Crippen molar-refractivity contribution in [2.75, 3.05) is 0 Å². The first-order valence-electron chi connectivity index (χ1n) is 11.5. The minimum absolute atomic E-state index is 0. The molecular weight excluding hydrogens is 383 g/mol. The van der Waals surface area contributed by atoms with Crippen LogP contribution in [0.15, 0.2) is 0 Å². The first kappa shape index (κ1) is 31.1. The van der Waals surface area contributed by atoms with E-state index >= 15 is 0 Å². The maximum atomic E-state index is 10.8. The minimum atomic E-state index is -4.11. The van der Waals surface area contributed by atoms with Crippen LogP contribution in [0.5, 0.6) is 0 Å². The van der Waals surface area contributed by atoms with Crippen molar-refractivity contribution in [2.24, 2.45) is 0 Å². The molecule has 28 heavy (non-hydrogen) atoms. The fourth-order valence-corrected chi connectivity index (χ4v) is 3.95. The van der Waals surface area contributed by atoms with E-state index in [-0.39, 0.29) is 35.7 Å². The summed E-state index contributed by atoms with van der Waals surface area (Å²) >= 11 is 0. The Morgan fingerprint density at radius 1 is 0.679 bits per heavy atom. The Labute approximate surface area is 197 Å². The predicted octanol–water partition coefficient (Wildman–Crippen LogP) is 3.33. The van der Waals surface area contributed by atoms with Crippen LogP contribution < -0.4 is 29.6 Å². The first-order valence-corrected chi connectivity index (χ1v) is 13.0. The van der Waals surface area contributed by atoms with E-state index < -0.39 is 15.4 Å². The molecule has 0 aromatic rings. The van der Waals surface area contributed by atoms with Gasteiger partial charge in [-0.2, -0.15) is 0 Å². The zero-order valence-corrected chi connectivity index (χ0v) is 21.8. The van der Waals surface area contributed by atoms with E-state index in [0.717, 1.165) is 57.8 Å². The molecule has 164 valence electrons. The number of aliphatic hydroxyl groups excluding tert-OH is 1. The van der Waals surface area contributed by atoms with Crippen LogP contribution in [0.25, 0.3) is 0 Å². The van der Waals surface area contributed by atoms with E-state index in [4.69, 9.17) is 0 Å². The zero-order valence-electron chi connectivity index (χ0n) is 19.0. The molecule has 0 heterocycles. The molecule has 0 aliphatic rings. The molecule has 2 unspecified atom stereocenters. The van der Waals surface area contributed by atoms with E-state index in [2.05, 4.69) is 6.92 Å². The number of rotatable bonds is 20. The normalized spacial score (nSPS) is 13.9. The van der Waals surface area contributed by atoms with Crippen molar-refractivity contribution in [3.05, 3.63) is 0 Å². The Kier molecular flexibility index (Phi) is 23.4. The summed E-state index contributed by atoms with van der Waals surface area (Å²) in [5, 5.41) is 9.28. The Morgan fingerprint density at radius 2 is 1.00 bits per heavy atom. The second-order valence-electron chi connectivity index (χ2n) is 8.27. The molecule has 0 spiro atoms. The smallest absolute Gasteiger partial charge is 0.748 e. The quantitative estimate of drug-likeness (QED) is 0.183. The molecule has 0 radical (unpaired) electrons. The fraction of sp³-hybridized carbons (Fsp3) is 1.00. The molecule has 0 aliphatic carbocycles. The summed E-state index contributed by atoms with van der Waals surface area (Å²) in [5.41, 5.74) is 0. The van der Waals surface area contributed by atoms with E-state index in [1.807, 2.05) is 0 Å². The standard InChI is InChI=1S/C22H46O4S.Na/c1-3-4-5-6-7-8-9-13-16-19-22(23)20-17-14-11-10-12-15-18-21(2)27(24,25)26;/h21-23H,3-20H2,1-2H3,(H,24,25,26);/q;+1/p-1. The third-order valence-electron chi connectivity index (χ3n) is 5.53. The Balaban J connectivity index is 0. The summed E-state index contributed by atoms with van der Waals surface area (Å²) in [7, 11) is -4.11. The molecule has 6 heteroatoms. The summed E-state index contributed by atoms with van der Waals surface area (Å²) in [6, 6.07) is 0. The van der Waals surface area contributed by atoms with Crippen LogP contribution in [-0.2, 0) is 10.1 Å². The van der Waals surface area contributed by atoms with Gasteiger partial charge in [-0.15, -0.1) is 0 Å². The van der Waals surface area contributed by atoms with Crippen LogP contribution >= 0.6 is 0 Å². The van der Waals surface area contributed by atoms with Gasteiger partial charge in [0, 0.05) is 5.25 Å². The van der Waals surface area contributed by atoms with Gasteiger partial charge in [0.05, 0.1) is 16.2 Å². The molecule has 0 bridgehead atoms. The second kappa shape index (κ2) is 21.1. The summed E-state index contributed by atoms with van der Waals surface area (Å²) in [4.78, 5) is 0. The van der Waals surface area contributed by atoms with E-state index in [0.29, 0.717) is 6.42 Å². The molecule has 2 atom stereocenters. The van der Waals surface area contributed by atoms with Gasteiger partial charge in [-0.05, 0) is 26.2 Å². The van der Waals surface area contributed by atoms with E-state index in [1.165, 1.54) is 58.3 Å². The van der Waals surface area contributed by atoms with Gasteiger partial charge in [0.2, 0.25) is 0 Å². The average Bonchev–Trinajstić information content (AvgIpc) is 2.61. The van der Waals surface area contributed by atoms with E-state index in [9.17, 15) is 18.1 Å². The predicted molar refractivity (Wildman–Crippen MR) is 114 cm³/mol. The molecule has 4 nitrogen and oxygen atoms in total. The maximum Gasteiger partial charge on any atom is 1.00 e. The van der Waals surface area contributed by atoms with E-state index in [1.54, 1.807) is 0 Å². The van der Waals surface area contributed by atoms with Gasteiger partial charge in [0.25, 0.3) is 0 Å². The molecule has 0 saturated carbocycles. The number of unbranched alkanes of at least 4 members (excludes halogenated alkanes) is 13. The monoisotopic (exact) mass is 428 g/mol. The van der Waals surface area contributed by atoms with Gasteiger partial charge < -0.3 is 9.66 Å². The average molecular weight is 429 g/mol. The van der Waals surface area contributed by atoms with Crippen molar-refractivity contribution < 1.29 is 47.6 Å². The number of hydrogen-bond acceptors (Lipinski definition) is 4. The van der Waals surface area contributed by atoms with Gasteiger partial charge in [0.1, 0.15) is 0 Å². The van der Waals surface area contributed by atoms with Gasteiger partial charge >= 0.3 is 29.6 Å². The topological polar surface area (TPSA) is 77.4 Å². The molecule has 0 amide bonds.